The van der Waals surface area contributed by atoms with Crippen LogP contribution in [-0.4, -0.2) is 16.2 Å². The van der Waals surface area contributed by atoms with Gasteiger partial charge in [0.1, 0.15) is 11.6 Å². The molecule has 0 radical (unpaired) electrons. The lowest BCUT2D eigenvalue weighted by Crippen LogP contribution is -2.04. The lowest BCUT2D eigenvalue weighted by molar-refractivity contribution is 0.184. The van der Waals surface area contributed by atoms with Gasteiger partial charge in [0.15, 0.2) is 0 Å². The first kappa shape index (κ1) is 10.1. The minimum Gasteiger partial charge on any atom is -0.393 e. The van der Waals surface area contributed by atoms with Gasteiger partial charge < -0.3 is 5.11 Å². The van der Waals surface area contributed by atoms with Gasteiger partial charge in [-0.3, -0.25) is 4.98 Å². The molecule has 0 aliphatic rings. The van der Waals surface area contributed by atoms with Crippen LogP contribution in [0.2, 0.25) is 0 Å². The normalized spacial score (nSPS) is 12.9. The average molecular weight is 187 g/mol. The number of hydrogen-bond acceptors (Lipinski definition) is 2. The molecule has 0 fully saturated rings. The predicted octanol–water partition coefficient (Wildman–Crippen LogP) is 1.67. The molecule has 1 aromatic heterocycles. The largest absolute Gasteiger partial charge is 0.393 e. The summed E-state index contributed by atoms with van der Waals surface area (Å²) in [6, 6.07) is 0. The van der Waals surface area contributed by atoms with Crippen LogP contribution in [0.5, 0.6) is 0 Å². The van der Waals surface area contributed by atoms with E-state index in [-0.39, 0.29) is 12.0 Å². The van der Waals surface area contributed by atoms with Gasteiger partial charge in [0.2, 0.25) is 0 Å². The fourth-order valence-electron chi connectivity index (χ4n) is 1.03. The third-order valence-corrected chi connectivity index (χ3v) is 1.76. The Morgan fingerprint density at radius 2 is 1.92 bits per heavy atom. The molecule has 1 aromatic rings. The molecule has 2 nitrogen and oxygen atoms in total. The third kappa shape index (κ3) is 2.73. The van der Waals surface area contributed by atoms with Gasteiger partial charge in [0.25, 0.3) is 0 Å². The van der Waals surface area contributed by atoms with E-state index in [0.717, 1.165) is 12.4 Å². The molecule has 4 heteroatoms. The minimum absolute atomic E-state index is 0.00380. The quantitative estimate of drug-likeness (QED) is 0.780. The second kappa shape index (κ2) is 4.28. The van der Waals surface area contributed by atoms with E-state index < -0.39 is 17.7 Å². The standard InChI is InChI=1S/C9H11F2NO/c1-6(13)2-3-7-8(10)4-12-5-9(7)11/h4-6,13H,2-3H2,1H3/t6-/m1/s1. The van der Waals surface area contributed by atoms with Gasteiger partial charge >= 0.3 is 0 Å². The average Bonchev–Trinajstić information content (AvgIpc) is 2.03. The Morgan fingerprint density at radius 1 is 1.38 bits per heavy atom. The molecule has 1 rings (SSSR count). The van der Waals surface area contributed by atoms with Crippen LogP contribution >= 0.6 is 0 Å². The van der Waals surface area contributed by atoms with Crippen LogP contribution < -0.4 is 0 Å². The molecule has 0 unspecified atom stereocenters. The summed E-state index contributed by atoms with van der Waals surface area (Å²) in [4.78, 5) is 3.36. The first-order chi connectivity index (χ1) is 6.11. The molecule has 0 aliphatic carbocycles. The van der Waals surface area contributed by atoms with Crippen molar-refractivity contribution >= 4 is 0 Å². The summed E-state index contributed by atoms with van der Waals surface area (Å²) in [5.74, 6) is -1.30. The van der Waals surface area contributed by atoms with Crippen LogP contribution in [0, 0.1) is 11.6 Å². The van der Waals surface area contributed by atoms with E-state index in [1.165, 1.54) is 0 Å². The number of pyridine rings is 1. The molecule has 0 bridgehead atoms. The molecule has 1 N–H and O–H groups in total. The van der Waals surface area contributed by atoms with Gasteiger partial charge in [-0.15, -0.1) is 0 Å². The molecule has 0 aliphatic heterocycles. The maximum absolute atomic E-state index is 12.9. The maximum Gasteiger partial charge on any atom is 0.147 e. The van der Waals surface area contributed by atoms with Gasteiger partial charge in [-0.1, -0.05) is 0 Å². The molecule has 0 spiro atoms. The first-order valence-electron chi connectivity index (χ1n) is 4.07. The van der Waals surface area contributed by atoms with Crippen LogP contribution in [0.4, 0.5) is 8.78 Å². The zero-order valence-electron chi connectivity index (χ0n) is 7.30. The number of aliphatic hydroxyl groups is 1. The Kier molecular flexibility index (Phi) is 3.31. The summed E-state index contributed by atoms with van der Waals surface area (Å²) in [5, 5.41) is 8.93. The summed E-state index contributed by atoms with van der Waals surface area (Å²) in [5.41, 5.74) is -0.00380. The topological polar surface area (TPSA) is 33.1 Å². The summed E-state index contributed by atoms with van der Waals surface area (Å²) >= 11 is 0. The fraction of sp³-hybridized carbons (Fsp3) is 0.444. The van der Waals surface area contributed by atoms with Gasteiger partial charge in [-0.05, 0) is 19.8 Å². The Labute approximate surface area is 75.2 Å². The highest BCUT2D eigenvalue weighted by Crippen LogP contribution is 2.13. The van der Waals surface area contributed by atoms with Crippen molar-refractivity contribution in [2.75, 3.05) is 0 Å². The Hall–Kier alpha value is -1.03. The molecule has 0 amide bonds. The summed E-state index contributed by atoms with van der Waals surface area (Å²) in [6.45, 7) is 1.58. The number of hydrogen-bond donors (Lipinski definition) is 1. The van der Waals surface area contributed by atoms with E-state index in [9.17, 15) is 8.78 Å². The van der Waals surface area contributed by atoms with Crippen LogP contribution in [0.1, 0.15) is 18.9 Å². The van der Waals surface area contributed by atoms with E-state index in [2.05, 4.69) is 4.98 Å². The molecule has 0 saturated carbocycles. The Bertz CT molecular complexity index is 269. The van der Waals surface area contributed by atoms with Gasteiger partial charge in [0.05, 0.1) is 18.5 Å². The van der Waals surface area contributed by atoms with Crippen molar-refractivity contribution < 1.29 is 13.9 Å². The number of halogens is 2. The minimum atomic E-state index is -0.652. The van der Waals surface area contributed by atoms with Crippen molar-refractivity contribution in [3.05, 3.63) is 29.6 Å². The second-order valence-electron chi connectivity index (χ2n) is 2.97. The molecule has 1 atom stereocenters. The summed E-state index contributed by atoms with van der Waals surface area (Å²) < 4.78 is 25.8. The molecule has 13 heavy (non-hydrogen) atoms. The molecular weight excluding hydrogens is 176 g/mol. The third-order valence-electron chi connectivity index (χ3n) is 1.76. The highest BCUT2D eigenvalue weighted by atomic mass is 19.1. The van der Waals surface area contributed by atoms with Gasteiger partial charge in [-0.2, -0.15) is 0 Å². The number of aromatic nitrogens is 1. The van der Waals surface area contributed by atoms with Crippen LogP contribution in [0.25, 0.3) is 0 Å². The molecular formula is C9H11F2NO. The van der Waals surface area contributed by atoms with E-state index in [0.29, 0.717) is 6.42 Å². The molecule has 1 heterocycles. The maximum atomic E-state index is 12.9. The number of nitrogens with zero attached hydrogens (tertiary/aromatic N) is 1. The predicted molar refractivity (Wildman–Crippen MR) is 44.2 cm³/mol. The number of rotatable bonds is 3. The lowest BCUT2D eigenvalue weighted by Gasteiger charge is -2.05. The zero-order valence-corrected chi connectivity index (χ0v) is 7.30. The molecule has 0 aromatic carbocycles. The van der Waals surface area contributed by atoms with Crippen LogP contribution in [0.3, 0.4) is 0 Å². The lowest BCUT2D eigenvalue weighted by atomic mass is 10.1. The van der Waals surface area contributed by atoms with Crippen molar-refractivity contribution in [1.29, 1.82) is 0 Å². The monoisotopic (exact) mass is 187 g/mol. The summed E-state index contributed by atoms with van der Waals surface area (Å²) in [7, 11) is 0. The Balaban J connectivity index is 2.75. The van der Waals surface area contributed by atoms with E-state index in [1.807, 2.05) is 0 Å². The summed E-state index contributed by atoms with van der Waals surface area (Å²) in [6.07, 6.45) is 1.93. The van der Waals surface area contributed by atoms with Crippen LogP contribution in [-0.2, 0) is 6.42 Å². The Morgan fingerprint density at radius 3 is 2.38 bits per heavy atom. The zero-order chi connectivity index (χ0) is 9.84. The molecule has 0 saturated heterocycles. The van der Waals surface area contributed by atoms with Crippen molar-refractivity contribution in [1.82, 2.24) is 4.98 Å². The highest BCUT2D eigenvalue weighted by Gasteiger charge is 2.09. The smallest absolute Gasteiger partial charge is 0.147 e. The van der Waals surface area contributed by atoms with E-state index in [1.54, 1.807) is 6.92 Å². The first-order valence-corrected chi connectivity index (χ1v) is 4.07. The number of aliphatic hydroxyl groups excluding tert-OH is 1. The fourth-order valence-corrected chi connectivity index (χ4v) is 1.03. The van der Waals surface area contributed by atoms with Gasteiger partial charge in [-0.25, -0.2) is 8.78 Å². The van der Waals surface area contributed by atoms with Gasteiger partial charge in [0, 0.05) is 5.56 Å². The van der Waals surface area contributed by atoms with Crippen LogP contribution in [0.15, 0.2) is 12.4 Å². The highest BCUT2D eigenvalue weighted by molar-refractivity contribution is 5.15. The van der Waals surface area contributed by atoms with Crippen molar-refractivity contribution in [3.63, 3.8) is 0 Å². The van der Waals surface area contributed by atoms with E-state index in [4.69, 9.17) is 5.11 Å². The second-order valence-corrected chi connectivity index (χ2v) is 2.97. The SMILES string of the molecule is C[C@@H](O)CCc1c(F)cncc1F. The molecule has 72 valence electrons. The van der Waals surface area contributed by atoms with Crippen molar-refractivity contribution in [2.45, 2.75) is 25.9 Å². The van der Waals surface area contributed by atoms with Crippen molar-refractivity contribution in [2.24, 2.45) is 0 Å². The van der Waals surface area contributed by atoms with E-state index >= 15 is 0 Å². The van der Waals surface area contributed by atoms with Crippen molar-refractivity contribution in [3.8, 4) is 0 Å².